The quantitative estimate of drug-likeness (QED) is 0.351. The maximum absolute atomic E-state index is 6.02. The molecular formula is C19H25ClIN3O2. The van der Waals surface area contributed by atoms with Gasteiger partial charge < -0.3 is 20.5 Å². The molecule has 0 unspecified atom stereocenters. The minimum atomic E-state index is -0.158. The van der Waals surface area contributed by atoms with Crippen LogP contribution < -0.4 is 20.5 Å². The number of nitrogens with one attached hydrogen (secondary N) is 1. The van der Waals surface area contributed by atoms with E-state index in [1.54, 1.807) is 14.2 Å². The van der Waals surface area contributed by atoms with Gasteiger partial charge >= 0.3 is 0 Å². The molecule has 0 heterocycles. The largest absolute Gasteiger partial charge is 0.493 e. The van der Waals surface area contributed by atoms with Crippen LogP contribution in [0.15, 0.2) is 47.5 Å². The van der Waals surface area contributed by atoms with Crippen LogP contribution in [0.4, 0.5) is 5.69 Å². The van der Waals surface area contributed by atoms with Crippen LogP contribution in [0.3, 0.4) is 0 Å². The highest BCUT2D eigenvalue weighted by Gasteiger charge is 2.20. The molecule has 26 heavy (non-hydrogen) atoms. The molecule has 2 aromatic carbocycles. The average Bonchev–Trinajstić information content (AvgIpc) is 2.60. The summed E-state index contributed by atoms with van der Waals surface area (Å²) in [6, 6.07) is 13.3. The zero-order valence-corrected chi connectivity index (χ0v) is 18.5. The molecular weight excluding hydrogens is 465 g/mol. The number of methoxy groups -OCH3 is 2. The van der Waals surface area contributed by atoms with Crippen molar-refractivity contribution in [2.75, 3.05) is 26.1 Å². The third-order valence-corrected chi connectivity index (χ3v) is 4.18. The van der Waals surface area contributed by atoms with Crippen LogP contribution in [-0.4, -0.2) is 26.7 Å². The van der Waals surface area contributed by atoms with E-state index in [9.17, 15) is 0 Å². The molecule has 2 aromatic rings. The van der Waals surface area contributed by atoms with Crippen LogP contribution in [-0.2, 0) is 5.41 Å². The summed E-state index contributed by atoms with van der Waals surface area (Å²) in [5.74, 6) is 1.63. The van der Waals surface area contributed by atoms with Crippen LogP contribution >= 0.6 is 35.6 Å². The summed E-state index contributed by atoms with van der Waals surface area (Å²) >= 11 is 5.95. The lowest BCUT2D eigenvalue weighted by atomic mass is 9.85. The summed E-state index contributed by atoms with van der Waals surface area (Å²) in [6.07, 6.45) is 0. The minimum absolute atomic E-state index is 0. The first-order chi connectivity index (χ1) is 11.9. The molecule has 0 atom stereocenters. The standard InChI is InChI=1S/C19H24ClN3O2.HI/c1-19(2,13-5-7-14(20)8-6-13)12-22-18(21)23-15-9-10-16(24-3)17(11-15)25-4;/h5-11H,12H2,1-4H3,(H3,21,22,23);1H. The van der Waals surface area contributed by atoms with Gasteiger partial charge in [-0.15, -0.1) is 24.0 Å². The molecule has 0 saturated heterocycles. The molecule has 0 saturated carbocycles. The first kappa shape index (κ1) is 22.4. The van der Waals surface area contributed by atoms with Crippen molar-refractivity contribution in [2.24, 2.45) is 10.7 Å². The highest BCUT2D eigenvalue weighted by molar-refractivity contribution is 14.0. The number of benzene rings is 2. The van der Waals surface area contributed by atoms with E-state index in [-0.39, 0.29) is 29.4 Å². The fourth-order valence-corrected chi connectivity index (χ4v) is 2.50. The molecule has 0 aliphatic heterocycles. The molecule has 0 aromatic heterocycles. The predicted octanol–water partition coefficient (Wildman–Crippen LogP) is 4.68. The molecule has 0 spiro atoms. The van der Waals surface area contributed by atoms with Crippen molar-refractivity contribution in [2.45, 2.75) is 19.3 Å². The number of aliphatic imine (C=N–C) groups is 1. The van der Waals surface area contributed by atoms with Gasteiger partial charge in [-0.25, -0.2) is 0 Å². The SMILES string of the molecule is COc1ccc(NC(N)=NCC(C)(C)c2ccc(Cl)cc2)cc1OC.I. The van der Waals surface area contributed by atoms with Gasteiger partial charge in [-0.2, -0.15) is 0 Å². The van der Waals surface area contributed by atoms with Crippen LogP contribution in [0, 0.1) is 0 Å². The number of nitrogens with zero attached hydrogens (tertiary/aromatic N) is 1. The number of hydrogen-bond acceptors (Lipinski definition) is 3. The predicted molar refractivity (Wildman–Crippen MR) is 120 cm³/mol. The molecule has 0 amide bonds. The topological polar surface area (TPSA) is 68.9 Å². The molecule has 2 rings (SSSR count). The molecule has 142 valence electrons. The summed E-state index contributed by atoms with van der Waals surface area (Å²) in [4.78, 5) is 4.47. The fraction of sp³-hybridized carbons (Fsp3) is 0.316. The van der Waals surface area contributed by atoms with E-state index in [4.69, 9.17) is 26.8 Å². The molecule has 0 fully saturated rings. The Bertz CT molecular complexity index is 749. The van der Waals surface area contributed by atoms with Gasteiger partial charge in [-0.3, -0.25) is 4.99 Å². The lowest BCUT2D eigenvalue weighted by molar-refractivity contribution is 0.355. The van der Waals surface area contributed by atoms with E-state index >= 15 is 0 Å². The van der Waals surface area contributed by atoms with E-state index in [0.29, 0.717) is 24.0 Å². The van der Waals surface area contributed by atoms with E-state index < -0.39 is 0 Å². The number of guanidine groups is 1. The summed E-state index contributed by atoms with van der Waals surface area (Å²) < 4.78 is 10.5. The Morgan fingerprint density at radius 3 is 2.27 bits per heavy atom. The smallest absolute Gasteiger partial charge is 0.193 e. The van der Waals surface area contributed by atoms with Crippen LogP contribution in [0.25, 0.3) is 0 Å². The number of anilines is 1. The van der Waals surface area contributed by atoms with Crippen LogP contribution in [0.5, 0.6) is 11.5 Å². The molecule has 0 aliphatic carbocycles. The van der Waals surface area contributed by atoms with Crippen LogP contribution in [0.1, 0.15) is 19.4 Å². The Balaban J connectivity index is 0.00000338. The van der Waals surface area contributed by atoms with E-state index in [2.05, 4.69) is 24.2 Å². The van der Waals surface area contributed by atoms with Gasteiger partial charge in [0.05, 0.1) is 20.8 Å². The summed E-state index contributed by atoms with van der Waals surface area (Å²) in [6.45, 7) is 4.77. The zero-order valence-electron chi connectivity index (χ0n) is 15.4. The Labute approximate surface area is 177 Å². The summed E-state index contributed by atoms with van der Waals surface area (Å²) in [5.41, 5.74) is 7.80. The van der Waals surface area contributed by atoms with E-state index in [1.807, 2.05) is 42.5 Å². The third kappa shape index (κ3) is 5.95. The summed E-state index contributed by atoms with van der Waals surface area (Å²) in [7, 11) is 3.19. The number of halogens is 2. The second-order valence-electron chi connectivity index (χ2n) is 6.29. The van der Waals surface area contributed by atoms with Crippen molar-refractivity contribution in [3.8, 4) is 11.5 Å². The van der Waals surface area contributed by atoms with Crippen molar-refractivity contribution in [1.29, 1.82) is 0 Å². The normalized spacial score (nSPS) is 11.5. The van der Waals surface area contributed by atoms with Gasteiger partial charge in [0.25, 0.3) is 0 Å². The lowest BCUT2D eigenvalue weighted by Crippen LogP contribution is -2.27. The first-order valence-electron chi connectivity index (χ1n) is 7.91. The Morgan fingerprint density at radius 2 is 1.69 bits per heavy atom. The maximum atomic E-state index is 6.02. The second kappa shape index (κ2) is 9.87. The number of hydrogen-bond donors (Lipinski definition) is 2. The van der Waals surface area contributed by atoms with Gasteiger partial charge in [0.1, 0.15) is 0 Å². The fourth-order valence-electron chi connectivity index (χ4n) is 2.38. The van der Waals surface area contributed by atoms with E-state index in [0.717, 1.165) is 16.3 Å². The van der Waals surface area contributed by atoms with Gasteiger partial charge in [-0.05, 0) is 29.8 Å². The maximum Gasteiger partial charge on any atom is 0.193 e. The molecule has 0 radical (unpaired) electrons. The van der Waals surface area contributed by atoms with Gasteiger partial charge in [-0.1, -0.05) is 37.6 Å². The molecule has 0 bridgehead atoms. The Morgan fingerprint density at radius 1 is 1.08 bits per heavy atom. The molecule has 7 heteroatoms. The monoisotopic (exact) mass is 489 g/mol. The Hall–Kier alpha value is -1.67. The average molecular weight is 490 g/mol. The third-order valence-electron chi connectivity index (χ3n) is 3.93. The first-order valence-corrected chi connectivity index (χ1v) is 8.28. The number of ether oxygens (including phenoxy) is 2. The van der Waals surface area contributed by atoms with Gasteiger partial charge in [0, 0.05) is 22.2 Å². The lowest BCUT2D eigenvalue weighted by Gasteiger charge is -2.23. The number of nitrogens with two attached hydrogens (primary N) is 1. The van der Waals surface area contributed by atoms with E-state index in [1.165, 1.54) is 0 Å². The van der Waals surface area contributed by atoms with Crippen molar-refractivity contribution >= 4 is 47.2 Å². The second-order valence-corrected chi connectivity index (χ2v) is 6.72. The van der Waals surface area contributed by atoms with Crippen molar-refractivity contribution in [3.63, 3.8) is 0 Å². The highest BCUT2D eigenvalue weighted by Crippen LogP contribution is 2.29. The Kier molecular flexibility index (Phi) is 8.49. The van der Waals surface area contributed by atoms with Crippen molar-refractivity contribution in [3.05, 3.63) is 53.1 Å². The molecule has 3 N–H and O–H groups in total. The van der Waals surface area contributed by atoms with Crippen LogP contribution in [0.2, 0.25) is 5.02 Å². The van der Waals surface area contributed by atoms with Gasteiger partial charge in [0.2, 0.25) is 0 Å². The molecule has 0 aliphatic rings. The van der Waals surface area contributed by atoms with Crippen molar-refractivity contribution in [1.82, 2.24) is 0 Å². The minimum Gasteiger partial charge on any atom is -0.493 e. The van der Waals surface area contributed by atoms with Crippen molar-refractivity contribution < 1.29 is 9.47 Å². The molecule has 5 nitrogen and oxygen atoms in total. The highest BCUT2D eigenvalue weighted by atomic mass is 127. The summed E-state index contributed by atoms with van der Waals surface area (Å²) in [5, 5.41) is 3.79. The zero-order chi connectivity index (χ0) is 18.4. The number of rotatable bonds is 6. The van der Waals surface area contributed by atoms with Gasteiger partial charge in [0.15, 0.2) is 17.5 Å².